The second-order valence-electron chi connectivity index (χ2n) is 9.19. The molecule has 0 radical (unpaired) electrons. The molecule has 1 aromatic heterocycles. The largest absolute Gasteiger partial charge is 0.354 e. The molecule has 3 N–H and O–H groups in total. The Morgan fingerprint density at radius 1 is 1.03 bits per heavy atom. The molecule has 2 amide bonds. The number of hydrogen-bond donors (Lipinski definition) is 2. The van der Waals surface area contributed by atoms with E-state index in [0.717, 1.165) is 49.8 Å². The summed E-state index contributed by atoms with van der Waals surface area (Å²) in [5.74, 6) is 0.377. The average molecular weight is 435 g/mol. The van der Waals surface area contributed by atoms with Gasteiger partial charge in [0.05, 0.1) is 0 Å². The van der Waals surface area contributed by atoms with Gasteiger partial charge in [-0.25, -0.2) is 0 Å². The van der Waals surface area contributed by atoms with Gasteiger partial charge in [-0.15, -0.1) is 0 Å². The van der Waals surface area contributed by atoms with Crippen LogP contribution in [0, 0.1) is 5.92 Å². The third-order valence-corrected chi connectivity index (χ3v) is 6.96. The van der Waals surface area contributed by atoms with Crippen molar-refractivity contribution >= 4 is 11.8 Å². The SMILES string of the molecule is NC1CCC(CNC(=O)[C@@H]2CCCN2C(=O)C[C@H](c2ccccc2)c2ccccn2)CC1. The minimum Gasteiger partial charge on any atom is -0.354 e. The summed E-state index contributed by atoms with van der Waals surface area (Å²) in [6, 6.07) is 15.8. The first-order valence-corrected chi connectivity index (χ1v) is 11.9. The highest BCUT2D eigenvalue weighted by molar-refractivity contribution is 5.88. The first kappa shape index (κ1) is 22.5. The Kier molecular flexibility index (Phi) is 7.53. The number of rotatable bonds is 7. The molecule has 6 nitrogen and oxygen atoms in total. The predicted molar refractivity (Wildman–Crippen MR) is 125 cm³/mol. The van der Waals surface area contributed by atoms with Gasteiger partial charge in [-0.3, -0.25) is 14.6 Å². The van der Waals surface area contributed by atoms with Crippen molar-refractivity contribution in [3.05, 3.63) is 66.0 Å². The van der Waals surface area contributed by atoms with E-state index in [1.165, 1.54) is 0 Å². The van der Waals surface area contributed by atoms with E-state index in [0.29, 0.717) is 31.5 Å². The maximum atomic E-state index is 13.4. The van der Waals surface area contributed by atoms with Gasteiger partial charge in [0.1, 0.15) is 6.04 Å². The Labute approximate surface area is 190 Å². The lowest BCUT2D eigenvalue weighted by Gasteiger charge is -2.29. The number of nitrogens with zero attached hydrogens (tertiary/aromatic N) is 2. The smallest absolute Gasteiger partial charge is 0.242 e. The fourth-order valence-corrected chi connectivity index (χ4v) is 5.05. The molecular formula is C26H34N4O2. The van der Waals surface area contributed by atoms with Crippen molar-refractivity contribution in [2.75, 3.05) is 13.1 Å². The second-order valence-corrected chi connectivity index (χ2v) is 9.19. The lowest BCUT2D eigenvalue weighted by Crippen LogP contribution is -2.47. The summed E-state index contributed by atoms with van der Waals surface area (Å²) in [5, 5.41) is 3.12. The Bertz CT molecular complexity index is 842. The highest BCUT2D eigenvalue weighted by atomic mass is 16.2. The molecule has 0 unspecified atom stereocenters. The average Bonchev–Trinajstić information content (AvgIpc) is 3.33. The molecule has 2 fully saturated rings. The van der Waals surface area contributed by atoms with E-state index in [2.05, 4.69) is 10.3 Å². The van der Waals surface area contributed by atoms with Crippen molar-refractivity contribution in [2.45, 2.75) is 62.9 Å². The Hall–Kier alpha value is -2.73. The number of carbonyl (C=O) groups is 2. The normalized spacial score (nSPS) is 24.2. The third-order valence-electron chi connectivity index (χ3n) is 6.96. The van der Waals surface area contributed by atoms with Crippen LogP contribution in [0.3, 0.4) is 0 Å². The van der Waals surface area contributed by atoms with Crippen LogP contribution in [0.15, 0.2) is 54.7 Å². The van der Waals surface area contributed by atoms with Gasteiger partial charge in [-0.05, 0) is 62.1 Å². The van der Waals surface area contributed by atoms with E-state index in [-0.39, 0.29) is 23.8 Å². The van der Waals surface area contributed by atoms with Crippen LogP contribution in [0.5, 0.6) is 0 Å². The number of carbonyl (C=O) groups excluding carboxylic acids is 2. The van der Waals surface area contributed by atoms with Gasteiger partial charge in [0.15, 0.2) is 0 Å². The van der Waals surface area contributed by atoms with Crippen LogP contribution in [0.4, 0.5) is 0 Å². The zero-order chi connectivity index (χ0) is 22.3. The minimum atomic E-state index is -0.367. The van der Waals surface area contributed by atoms with Crippen LogP contribution in [-0.2, 0) is 9.59 Å². The molecule has 2 aliphatic rings. The molecule has 0 spiro atoms. The summed E-state index contributed by atoms with van der Waals surface area (Å²) in [7, 11) is 0. The number of pyridine rings is 1. The van der Waals surface area contributed by atoms with E-state index in [1.54, 1.807) is 11.1 Å². The molecule has 2 aromatic rings. The number of benzene rings is 1. The van der Waals surface area contributed by atoms with Crippen LogP contribution in [0.2, 0.25) is 0 Å². The summed E-state index contributed by atoms with van der Waals surface area (Å²) in [6.07, 6.45) is 7.86. The maximum Gasteiger partial charge on any atom is 0.242 e. The highest BCUT2D eigenvalue weighted by Gasteiger charge is 2.35. The molecule has 1 aromatic carbocycles. The molecule has 4 rings (SSSR count). The molecule has 2 atom stereocenters. The van der Waals surface area contributed by atoms with E-state index in [4.69, 9.17) is 5.73 Å². The standard InChI is InChI=1S/C26H34N4O2/c27-21-13-11-19(12-14-21)18-29-26(32)24-10-6-16-30(24)25(31)17-22(20-7-2-1-3-8-20)23-9-4-5-15-28-23/h1-5,7-9,15,19,21-22,24H,6,10-14,16-18,27H2,(H,29,32)/t19?,21?,22-,24+/m1/s1. The number of nitrogens with two attached hydrogens (primary N) is 1. The van der Waals surface area contributed by atoms with E-state index in [9.17, 15) is 9.59 Å². The number of aromatic nitrogens is 1. The Morgan fingerprint density at radius 3 is 2.50 bits per heavy atom. The number of likely N-dealkylation sites (tertiary alicyclic amines) is 1. The van der Waals surface area contributed by atoms with Crippen LogP contribution in [0.25, 0.3) is 0 Å². The van der Waals surface area contributed by atoms with Crippen LogP contribution in [0.1, 0.15) is 62.1 Å². The molecular weight excluding hydrogens is 400 g/mol. The van der Waals surface area contributed by atoms with Gasteiger partial charge in [0.2, 0.25) is 11.8 Å². The first-order chi connectivity index (χ1) is 15.6. The van der Waals surface area contributed by atoms with Gasteiger partial charge < -0.3 is 16.0 Å². The van der Waals surface area contributed by atoms with Gasteiger partial charge >= 0.3 is 0 Å². The zero-order valence-electron chi connectivity index (χ0n) is 18.7. The van der Waals surface area contributed by atoms with Crippen molar-refractivity contribution < 1.29 is 9.59 Å². The molecule has 2 heterocycles. The van der Waals surface area contributed by atoms with Gasteiger partial charge in [-0.1, -0.05) is 36.4 Å². The van der Waals surface area contributed by atoms with Gasteiger partial charge in [0, 0.05) is 43.4 Å². The number of amides is 2. The fraction of sp³-hybridized carbons (Fsp3) is 0.500. The molecule has 0 bridgehead atoms. The molecule has 6 heteroatoms. The van der Waals surface area contributed by atoms with Crippen LogP contribution in [-0.4, -0.2) is 46.9 Å². The molecule has 32 heavy (non-hydrogen) atoms. The number of hydrogen-bond acceptors (Lipinski definition) is 4. The second kappa shape index (κ2) is 10.7. The molecule has 170 valence electrons. The lowest BCUT2D eigenvalue weighted by molar-refractivity contribution is -0.138. The highest BCUT2D eigenvalue weighted by Crippen LogP contribution is 2.29. The third kappa shape index (κ3) is 5.54. The molecule has 1 aliphatic carbocycles. The van der Waals surface area contributed by atoms with Gasteiger partial charge in [0.25, 0.3) is 0 Å². The van der Waals surface area contributed by atoms with Crippen molar-refractivity contribution in [1.82, 2.24) is 15.2 Å². The topological polar surface area (TPSA) is 88.3 Å². The zero-order valence-corrected chi connectivity index (χ0v) is 18.7. The lowest BCUT2D eigenvalue weighted by atomic mass is 9.86. The Morgan fingerprint density at radius 2 is 1.78 bits per heavy atom. The van der Waals surface area contributed by atoms with E-state index < -0.39 is 0 Å². The summed E-state index contributed by atoms with van der Waals surface area (Å²) in [4.78, 5) is 32.6. The van der Waals surface area contributed by atoms with E-state index >= 15 is 0 Å². The minimum absolute atomic E-state index is 0.0141. The molecule has 1 saturated heterocycles. The summed E-state index contributed by atoms with van der Waals surface area (Å²) >= 11 is 0. The van der Waals surface area contributed by atoms with Crippen molar-refractivity contribution in [3.63, 3.8) is 0 Å². The van der Waals surface area contributed by atoms with Crippen molar-refractivity contribution in [2.24, 2.45) is 11.7 Å². The van der Waals surface area contributed by atoms with Gasteiger partial charge in [-0.2, -0.15) is 0 Å². The monoisotopic (exact) mass is 434 g/mol. The Balaban J connectivity index is 1.40. The van der Waals surface area contributed by atoms with Crippen LogP contribution < -0.4 is 11.1 Å². The fourth-order valence-electron chi connectivity index (χ4n) is 5.05. The maximum absolute atomic E-state index is 13.4. The summed E-state index contributed by atoms with van der Waals surface area (Å²) in [6.45, 7) is 1.32. The van der Waals surface area contributed by atoms with E-state index in [1.807, 2.05) is 48.5 Å². The predicted octanol–water partition coefficient (Wildman–Crippen LogP) is 3.23. The quantitative estimate of drug-likeness (QED) is 0.700. The van der Waals surface area contributed by atoms with Crippen molar-refractivity contribution in [1.29, 1.82) is 0 Å². The first-order valence-electron chi connectivity index (χ1n) is 11.9. The molecule has 1 saturated carbocycles. The van der Waals surface area contributed by atoms with Crippen molar-refractivity contribution in [3.8, 4) is 0 Å². The number of nitrogens with one attached hydrogen (secondary N) is 1. The molecule has 1 aliphatic heterocycles. The summed E-state index contributed by atoms with van der Waals surface area (Å²) < 4.78 is 0. The summed E-state index contributed by atoms with van der Waals surface area (Å²) in [5.41, 5.74) is 7.93. The van der Waals surface area contributed by atoms with Crippen LogP contribution >= 0.6 is 0 Å².